The smallest absolute Gasteiger partial charge is 0.340 e. The Kier molecular flexibility index (Phi) is 1.43. The molecule has 3 fully saturated rings. The predicted molar refractivity (Wildman–Crippen MR) is 46.4 cm³/mol. The molecule has 0 aliphatic carbocycles. The lowest BCUT2D eigenvalue weighted by atomic mass is 9.76. The molecule has 4 nitrogen and oxygen atoms in total. The van der Waals surface area contributed by atoms with Crippen molar-refractivity contribution in [2.24, 2.45) is 11.8 Å². The van der Waals surface area contributed by atoms with E-state index in [-0.39, 0.29) is 24.1 Å². The number of hydrogen-bond donors (Lipinski definition) is 0. The van der Waals surface area contributed by atoms with Gasteiger partial charge in [0.2, 0.25) is 6.29 Å². The van der Waals surface area contributed by atoms with Crippen molar-refractivity contribution in [2.75, 3.05) is 0 Å². The normalized spacial score (nSPS) is 60.2. The maximum atomic E-state index is 11.7. The lowest BCUT2D eigenvalue weighted by Crippen LogP contribution is -2.60. The monoisotopic (exact) mass is 198 g/mol. The first-order valence-electron chi connectivity index (χ1n) is 5.08. The summed E-state index contributed by atoms with van der Waals surface area (Å²) in [6.45, 7) is 5.88. The molecule has 3 aliphatic rings. The molecule has 0 aromatic heterocycles. The number of carbonyl (C=O) groups excluding carboxylic acids is 1. The molecule has 0 spiro atoms. The van der Waals surface area contributed by atoms with Gasteiger partial charge in [0.15, 0.2) is 5.60 Å². The van der Waals surface area contributed by atoms with Crippen LogP contribution in [0.3, 0.4) is 0 Å². The Labute approximate surface area is 82.5 Å². The van der Waals surface area contributed by atoms with Crippen LogP contribution in [0.25, 0.3) is 0 Å². The number of hydrogen-bond acceptors (Lipinski definition) is 4. The second kappa shape index (κ2) is 2.31. The standard InChI is InChI=1S/C10H14O4/c1-4-6-5(2)10(3)9(11)13-8(12-6)7(4)14-10/h4-8H,1-3H3/t4-,5+,6?,7+,8+,10-/m0/s1. The van der Waals surface area contributed by atoms with Gasteiger partial charge in [-0.05, 0) is 6.92 Å². The quantitative estimate of drug-likeness (QED) is 0.537. The van der Waals surface area contributed by atoms with Gasteiger partial charge in [-0.2, -0.15) is 0 Å². The average Bonchev–Trinajstić information content (AvgIpc) is 2.33. The van der Waals surface area contributed by atoms with Crippen LogP contribution in [0.4, 0.5) is 0 Å². The largest absolute Gasteiger partial charge is 0.431 e. The highest BCUT2D eigenvalue weighted by Crippen LogP contribution is 2.50. The number of rotatable bonds is 0. The summed E-state index contributed by atoms with van der Waals surface area (Å²) >= 11 is 0. The summed E-state index contributed by atoms with van der Waals surface area (Å²) < 4.78 is 16.7. The lowest BCUT2D eigenvalue weighted by Gasteiger charge is -2.45. The van der Waals surface area contributed by atoms with Crippen molar-refractivity contribution in [3.05, 3.63) is 0 Å². The highest BCUT2D eigenvalue weighted by molar-refractivity contribution is 5.81. The maximum absolute atomic E-state index is 11.7. The molecule has 78 valence electrons. The molecule has 3 heterocycles. The van der Waals surface area contributed by atoms with Crippen molar-refractivity contribution in [2.45, 2.75) is 44.9 Å². The van der Waals surface area contributed by atoms with E-state index < -0.39 is 11.9 Å². The van der Waals surface area contributed by atoms with Crippen molar-refractivity contribution in [1.82, 2.24) is 0 Å². The van der Waals surface area contributed by atoms with Gasteiger partial charge < -0.3 is 14.2 Å². The lowest BCUT2D eigenvalue weighted by molar-refractivity contribution is -0.250. The van der Waals surface area contributed by atoms with Crippen molar-refractivity contribution in [3.63, 3.8) is 0 Å². The molecule has 0 amide bonds. The fourth-order valence-electron chi connectivity index (χ4n) is 2.78. The second-order valence-corrected chi connectivity index (χ2v) is 4.71. The van der Waals surface area contributed by atoms with Crippen molar-refractivity contribution in [3.8, 4) is 0 Å². The summed E-state index contributed by atoms with van der Waals surface area (Å²) in [7, 11) is 0. The van der Waals surface area contributed by atoms with E-state index in [4.69, 9.17) is 14.2 Å². The van der Waals surface area contributed by atoms with Crippen LogP contribution in [0.5, 0.6) is 0 Å². The van der Waals surface area contributed by atoms with Crippen molar-refractivity contribution < 1.29 is 19.0 Å². The third-order valence-corrected chi connectivity index (χ3v) is 3.97. The SMILES string of the molecule is C[C@@H]1C2O[C@@H]3OC(=O)[C@@]1(C)O[C@@H]3[C@H]2C. The highest BCUT2D eigenvalue weighted by atomic mass is 16.8. The van der Waals surface area contributed by atoms with Gasteiger partial charge in [0.1, 0.15) is 6.10 Å². The number of fused-ring (bicyclic) bond motifs is 2. The maximum Gasteiger partial charge on any atom is 0.340 e. The molecular formula is C10H14O4. The molecular weight excluding hydrogens is 184 g/mol. The van der Waals surface area contributed by atoms with Crippen LogP contribution in [0.2, 0.25) is 0 Å². The minimum Gasteiger partial charge on any atom is -0.431 e. The number of esters is 1. The van der Waals surface area contributed by atoms with Crippen LogP contribution in [-0.2, 0) is 19.0 Å². The van der Waals surface area contributed by atoms with Gasteiger partial charge in [-0.15, -0.1) is 0 Å². The fraction of sp³-hybridized carbons (Fsp3) is 0.900. The summed E-state index contributed by atoms with van der Waals surface area (Å²) in [5.41, 5.74) is -0.797. The van der Waals surface area contributed by atoms with Gasteiger partial charge >= 0.3 is 5.97 Å². The van der Waals surface area contributed by atoms with E-state index in [2.05, 4.69) is 6.92 Å². The van der Waals surface area contributed by atoms with E-state index in [1.807, 2.05) is 6.92 Å². The predicted octanol–water partition coefficient (Wildman–Crippen LogP) is 0.698. The van der Waals surface area contributed by atoms with Crippen LogP contribution in [0.1, 0.15) is 20.8 Å². The molecule has 6 atom stereocenters. The molecule has 0 radical (unpaired) electrons. The fourth-order valence-corrected chi connectivity index (χ4v) is 2.78. The molecule has 0 saturated carbocycles. The molecule has 4 heteroatoms. The third-order valence-electron chi connectivity index (χ3n) is 3.97. The van der Waals surface area contributed by atoms with E-state index >= 15 is 0 Å². The second-order valence-electron chi connectivity index (χ2n) is 4.71. The van der Waals surface area contributed by atoms with Crippen molar-refractivity contribution >= 4 is 5.97 Å². The van der Waals surface area contributed by atoms with Gasteiger partial charge in [-0.1, -0.05) is 13.8 Å². The van der Waals surface area contributed by atoms with E-state index in [1.54, 1.807) is 6.92 Å². The molecule has 0 N–H and O–H groups in total. The molecule has 0 aromatic carbocycles. The Morgan fingerprint density at radius 3 is 2.71 bits per heavy atom. The summed E-state index contributed by atoms with van der Waals surface area (Å²) in [4.78, 5) is 11.7. The van der Waals surface area contributed by atoms with Gasteiger partial charge in [0, 0.05) is 11.8 Å². The summed E-state index contributed by atoms with van der Waals surface area (Å²) in [6, 6.07) is 0. The number of ether oxygens (including phenoxy) is 3. The Morgan fingerprint density at radius 1 is 1.29 bits per heavy atom. The minimum atomic E-state index is -0.797. The zero-order valence-electron chi connectivity index (χ0n) is 8.52. The van der Waals surface area contributed by atoms with Crippen molar-refractivity contribution in [1.29, 1.82) is 0 Å². The highest BCUT2D eigenvalue weighted by Gasteiger charge is 2.65. The molecule has 3 saturated heterocycles. The Bertz CT molecular complexity index is 302. The van der Waals surface area contributed by atoms with Crippen LogP contribution >= 0.6 is 0 Å². The topological polar surface area (TPSA) is 44.8 Å². The van der Waals surface area contributed by atoms with Gasteiger partial charge in [-0.3, -0.25) is 0 Å². The van der Waals surface area contributed by atoms with Crippen LogP contribution in [-0.4, -0.2) is 30.1 Å². The summed E-state index contributed by atoms with van der Waals surface area (Å²) in [5, 5.41) is 0. The first kappa shape index (κ1) is 8.68. The van der Waals surface area contributed by atoms with Crippen LogP contribution < -0.4 is 0 Å². The van der Waals surface area contributed by atoms with E-state index in [9.17, 15) is 4.79 Å². The van der Waals surface area contributed by atoms with Gasteiger partial charge in [0.25, 0.3) is 0 Å². The first-order valence-corrected chi connectivity index (χ1v) is 5.08. The molecule has 1 unspecified atom stereocenters. The molecule has 3 rings (SSSR count). The van der Waals surface area contributed by atoms with E-state index in [0.29, 0.717) is 5.92 Å². The molecule has 3 aliphatic heterocycles. The van der Waals surface area contributed by atoms with Gasteiger partial charge in [-0.25, -0.2) is 4.79 Å². The Hall–Kier alpha value is -0.610. The minimum absolute atomic E-state index is 0.0637. The van der Waals surface area contributed by atoms with Crippen LogP contribution in [0.15, 0.2) is 0 Å². The van der Waals surface area contributed by atoms with Crippen LogP contribution in [0, 0.1) is 11.8 Å². The zero-order valence-corrected chi connectivity index (χ0v) is 8.52. The van der Waals surface area contributed by atoms with Gasteiger partial charge in [0.05, 0.1) is 6.10 Å². The molecule has 3 bridgehead atoms. The van der Waals surface area contributed by atoms with E-state index in [1.165, 1.54) is 0 Å². The van der Waals surface area contributed by atoms with E-state index in [0.717, 1.165) is 0 Å². The summed E-state index contributed by atoms with van der Waals surface area (Å²) in [5.74, 6) is 0.102. The molecule has 14 heavy (non-hydrogen) atoms. The Balaban J connectivity index is 2.08. The third kappa shape index (κ3) is 0.754. The molecule has 0 aromatic rings. The first-order chi connectivity index (χ1) is 6.54. The number of carbonyl (C=O) groups is 1. The Morgan fingerprint density at radius 2 is 2.00 bits per heavy atom. The average molecular weight is 198 g/mol. The zero-order chi connectivity index (χ0) is 10.1. The summed E-state index contributed by atoms with van der Waals surface area (Å²) in [6.07, 6.45) is -0.449.